The molecule has 1 rings (SSSR count). The molecule has 0 amide bonds. The van der Waals surface area contributed by atoms with E-state index in [9.17, 15) is 13.6 Å². The summed E-state index contributed by atoms with van der Waals surface area (Å²) >= 11 is 2.89. The zero-order chi connectivity index (χ0) is 13.7. The maximum atomic E-state index is 13.5. The van der Waals surface area contributed by atoms with E-state index in [1.807, 2.05) is 0 Å². The van der Waals surface area contributed by atoms with Crippen LogP contribution >= 0.6 is 15.9 Å². The molecule has 0 fully saturated rings. The van der Waals surface area contributed by atoms with Crippen LogP contribution in [-0.4, -0.2) is 18.6 Å². The van der Waals surface area contributed by atoms with Crippen molar-refractivity contribution in [3.8, 4) is 0 Å². The van der Waals surface area contributed by atoms with E-state index >= 15 is 0 Å². The van der Waals surface area contributed by atoms with Crippen molar-refractivity contribution in [2.24, 2.45) is 0 Å². The van der Waals surface area contributed by atoms with Gasteiger partial charge in [-0.05, 0) is 35.8 Å². The molecule has 6 heteroatoms. The average molecular weight is 322 g/mol. The number of benzene rings is 1. The van der Waals surface area contributed by atoms with Crippen LogP contribution in [0.3, 0.4) is 0 Å². The fourth-order valence-electron chi connectivity index (χ4n) is 1.42. The molecule has 0 radical (unpaired) electrons. The Kier molecular flexibility index (Phi) is 5.53. The Morgan fingerprint density at radius 3 is 2.72 bits per heavy atom. The van der Waals surface area contributed by atoms with Gasteiger partial charge in [0.25, 0.3) is 0 Å². The number of hydrogen-bond donors (Lipinski definition) is 1. The van der Waals surface area contributed by atoms with Crippen molar-refractivity contribution in [1.29, 1.82) is 0 Å². The number of nitrogens with one attached hydrogen (secondary N) is 1. The highest BCUT2D eigenvalue weighted by atomic mass is 79.9. The third kappa shape index (κ3) is 4.25. The molecule has 1 atom stereocenters. The highest BCUT2D eigenvalue weighted by molar-refractivity contribution is 9.10. The molecule has 1 aromatic carbocycles. The van der Waals surface area contributed by atoms with Crippen LogP contribution in [-0.2, 0) is 9.53 Å². The van der Waals surface area contributed by atoms with E-state index in [2.05, 4.69) is 21.2 Å². The van der Waals surface area contributed by atoms with Gasteiger partial charge in [-0.2, -0.15) is 0 Å². The normalized spacial score (nSPS) is 12.1. The second-order valence-electron chi connectivity index (χ2n) is 3.80. The lowest BCUT2D eigenvalue weighted by atomic mass is 10.2. The van der Waals surface area contributed by atoms with Gasteiger partial charge in [-0.15, -0.1) is 0 Å². The molecule has 0 bridgehead atoms. The van der Waals surface area contributed by atoms with E-state index in [4.69, 9.17) is 4.74 Å². The summed E-state index contributed by atoms with van der Waals surface area (Å²) in [5, 5.41) is 2.73. The summed E-state index contributed by atoms with van der Waals surface area (Å²) in [6, 6.07) is 1.73. The Balaban J connectivity index is 2.67. The van der Waals surface area contributed by atoms with E-state index in [1.54, 1.807) is 13.8 Å². The Labute approximate surface area is 113 Å². The molecule has 3 nitrogen and oxygen atoms in total. The lowest BCUT2D eigenvalue weighted by molar-refractivity contribution is -0.143. The number of carbonyl (C=O) groups excluding carboxylic acids is 1. The van der Waals surface area contributed by atoms with Crippen LogP contribution in [0.1, 0.15) is 20.3 Å². The summed E-state index contributed by atoms with van der Waals surface area (Å²) in [7, 11) is 0. The summed E-state index contributed by atoms with van der Waals surface area (Å²) in [5.41, 5.74) is 0.0208. The van der Waals surface area contributed by atoms with Gasteiger partial charge in [-0.25, -0.2) is 8.78 Å². The topological polar surface area (TPSA) is 38.3 Å². The Bertz CT molecular complexity index is 440. The second-order valence-corrected chi connectivity index (χ2v) is 4.66. The van der Waals surface area contributed by atoms with Gasteiger partial charge < -0.3 is 10.1 Å². The molecule has 1 unspecified atom stereocenters. The largest absolute Gasteiger partial charge is 0.466 e. The fourth-order valence-corrected chi connectivity index (χ4v) is 1.74. The van der Waals surface area contributed by atoms with Gasteiger partial charge in [0.05, 0.1) is 23.2 Å². The van der Waals surface area contributed by atoms with Gasteiger partial charge >= 0.3 is 5.97 Å². The number of carbonyl (C=O) groups is 1. The summed E-state index contributed by atoms with van der Waals surface area (Å²) in [4.78, 5) is 11.2. The van der Waals surface area contributed by atoms with Crippen LogP contribution in [0.4, 0.5) is 14.5 Å². The molecule has 0 heterocycles. The minimum atomic E-state index is -0.584. The summed E-state index contributed by atoms with van der Waals surface area (Å²) < 4.78 is 31.6. The van der Waals surface area contributed by atoms with E-state index in [0.717, 1.165) is 12.1 Å². The van der Waals surface area contributed by atoms with Gasteiger partial charge in [-0.3, -0.25) is 4.79 Å². The van der Waals surface area contributed by atoms with Gasteiger partial charge in [0.1, 0.15) is 11.6 Å². The molecule has 1 N–H and O–H groups in total. The standard InChI is InChI=1S/C12H14BrF2NO2/c1-3-18-12(17)4-7(2)16-11-6-9(14)8(13)5-10(11)15/h5-7,16H,3-4H2,1-2H3. The number of anilines is 1. The SMILES string of the molecule is CCOC(=O)CC(C)Nc1cc(F)c(Br)cc1F. The summed E-state index contributed by atoms with van der Waals surface area (Å²) in [6.07, 6.45) is 0.0883. The molecule has 0 spiro atoms. The van der Waals surface area contributed by atoms with E-state index in [0.29, 0.717) is 6.61 Å². The zero-order valence-electron chi connectivity index (χ0n) is 10.1. The molecule has 0 aromatic heterocycles. The van der Waals surface area contributed by atoms with Crippen molar-refractivity contribution in [2.45, 2.75) is 26.3 Å². The van der Waals surface area contributed by atoms with Crippen molar-refractivity contribution in [2.75, 3.05) is 11.9 Å². The molecular formula is C12H14BrF2NO2. The summed E-state index contributed by atoms with van der Waals surface area (Å²) in [5.74, 6) is -1.53. The Morgan fingerprint density at radius 2 is 2.11 bits per heavy atom. The van der Waals surface area contributed by atoms with E-state index in [1.165, 1.54) is 0 Å². The minimum Gasteiger partial charge on any atom is -0.466 e. The lowest BCUT2D eigenvalue weighted by Gasteiger charge is -2.15. The minimum absolute atomic E-state index is 0.0208. The highest BCUT2D eigenvalue weighted by Crippen LogP contribution is 2.24. The third-order valence-electron chi connectivity index (χ3n) is 2.19. The van der Waals surface area contributed by atoms with Crippen LogP contribution in [0.2, 0.25) is 0 Å². The smallest absolute Gasteiger partial charge is 0.307 e. The molecule has 1 aromatic rings. The summed E-state index contributed by atoms with van der Waals surface area (Å²) in [6.45, 7) is 3.70. The molecule has 100 valence electrons. The van der Waals surface area contributed by atoms with E-state index in [-0.39, 0.29) is 28.6 Å². The quantitative estimate of drug-likeness (QED) is 0.666. The van der Waals surface area contributed by atoms with Crippen LogP contribution < -0.4 is 5.32 Å². The lowest BCUT2D eigenvalue weighted by Crippen LogP contribution is -2.21. The first-order chi connectivity index (χ1) is 8.43. The Hall–Kier alpha value is -1.17. The van der Waals surface area contributed by atoms with Gasteiger partial charge in [-0.1, -0.05) is 0 Å². The molecule has 0 saturated heterocycles. The van der Waals surface area contributed by atoms with Crippen molar-refractivity contribution in [3.63, 3.8) is 0 Å². The van der Waals surface area contributed by atoms with Crippen molar-refractivity contribution in [1.82, 2.24) is 0 Å². The number of hydrogen-bond acceptors (Lipinski definition) is 3. The average Bonchev–Trinajstić information content (AvgIpc) is 2.26. The predicted octanol–water partition coefficient (Wildman–Crippen LogP) is 3.48. The first kappa shape index (κ1) is 14.9. The Morgan fingerprint density at radius 1 is 1.44 bits per heavy atom. The second kappa shape index (κ2) is 6.68. The molecular weight excluding hydrogens is 308 g/mol. The number of ether oxygens (including phenoxy) is 1. The fraction of sp³-hybridized carbons (Fsp3) is 0.417. The molecule has 18 heavy (non-hydrogen) atoms. The van der Waals surface area contributed by atoms with Gasteiger partial charge in [0.2, 0.25) is 0 Å². The first-order valence-corrected chi connectivity index (χ1v) is 6.30. The third-order valence-corrected chi connectivity index (χ3v) is 2.80. The molecule has 0 aliphatic rings. The zero-order valence-corrected chi connectivity index (χ0v) is 11.7. The maximum Gasteiger partial charge on any atom is 0.307 e. The number of halogens is 3. The monoisotopic (exact) mass is 321 g/mol. The van der Waals surface area contributed by atoms with Crippen molar-refractivity contribution in [3.05, 3.63) is 28.2 Å². The van der Waals surface area contributed by atoms with Crippen molar-refractivity contribution < 1.29 is 18.3 Å². The van der Waals surface area contributed by atoms with Crippen LogP contribution in [0.25, 0.3) is 0 Å². The van der Waals surface area contributed by atoms with Gasteiger partial charge in [0.15, 0.2) is 0 Å². The van der Waals surface area contributed by atoms with Crippen LogP contribution in [0.15, 0.2) is 16.6 Å². The first-order valence-electron chi connectivity index (χ1n) is 5.50. The number of esters is 1. The maximum absolute atomic E-state index is 13.5. The molecule has 0 aliphatic carbocycles. The van der Waals surface area contributed by atoms with Crippen LogP contribution in [0, 0.1) is 11.6 Å². The van der Waals surface area contributed by atoms with Crippen molar-refractivity contribution >= 4 is 27.6 Å². The molecule has 0 saturated carbocycles. The van der Waals surface area contributed by atoms with Crippen LogP contribution in [0.5, 0.6) is 0 Å². The predicted molar refractivity (Wildman–Crippen MR) is 68.4 cm³/mol. The molecule has 0 aliphatic heterocycles. The highest BCUT2D eigenvalue weighted by Gasteiger charge is 2.13. The van der Waals surface area contributed by atoms with Gasteiger partial charge in [0, 0.05) is 12.1 Å². The number of rotatable bonds is 5. The van der Waals surface area contributed by atoms with E-state index < -0.39 is 11.6 Å².